The largest absolute Gasteiger partial charge is 0.334 e. The lowest BCUT2D eigenvalue weighted by atomic mass is 10.1. The molecule has 10 heteroatoms. The SMILES string of the molecule is Cn1c(=O)[nH]cc(C(=O)N2CC(n3nc(-c4ccc(Cl)cc4)ccc3=O)C2)c1=O. The zero-order valence-electron chi connectivity index (χ0n) is 15.3. The molecule has 0 bridgehead atoms. The first-order valence-corrected chi connectivity index (χ1v) is 9.17. The monoisotopic (exact) mass is 413 g/mol. The maximum absolute atomic E-state index is 12.6. The summed E-state index contributed by atoms with van der Waals surface area (Å²) < 4.78 is 2.19. The van der Waals surface area contributed by atoms with Crippen LogP contribution in [-0.4, -0.2) is 43.2 Å². The Hall–Kier alpha value is -3.46. The molecular formula is C19H16ClN5O4. The number of amides is 1. The molecule has 29 heavy (non-hydrogen) atoms. The van der Waals surface area contributed by atoms with Crippen molar-refractivity contribution in [3.63, 3.8) is 0 Å². The van der Waals surface area contributed by atoms with Crippen molar-refractivity contribution in [1.29, 1.82) is 0 Å². The molecule has 0 radical (unpaired) electrons. The Labute approximate surface area is 168 Å². The first kappa shape index (κ1) is 18.9. The Kier molecular flexibility index (Phi) is 4.67. The van der Waals surface area contributed by atoms with Crippen LogP contribution >= 0.6 is 11.6 Å². The smallest absolute Gasteiger partial charge is 0.328 e. The van der Waals surface area contributed by atoms with Crippen molar-refractivity contribution >= 4 is 17.5 Å². The van der Waals surface area contributed by atoms with E-state index < -0.39 is 17.2 Å². The summed E-state index contributed by atoms with van der Waals surface area (Å²) in [5.74, 6) is -0.500. The topological polar surface area (TPSA) is 110 Å². The van der Waals surface area contributed by atoms with Crippen LogP contribution in [-0.2, 0) is 7.05 Å². The molecule has 0 unspecified atom stereocenters. The second kappa shape index (κ2) is 7.17. The van der Waals surface area contributed by atoms with Crippen molar-refractivity contribution in [3.05, 3.63) is 84.4 Å². The predicted molar refractivity (Wildman–Crippen MR) is 106 cm³/mol. The lowest BCUT2D eigenvalue weighted by molar-refractivity contribution is 0.0490. The number of likely N-dealkylation sites (tertiary alicyclic amines) is 1. The highest BCUT2D eigenvalue weighted by Gasteiger charge is 2.35. The standard InChI is InChI=1S/C19H16ClN5O4/c1-23-17(27)14(8-21-19(23)29)18(28)24-9-13(10-24)25-16(26)7-6-15(22-25)11-2-4-12(20)5-3-11/h2-8,13H,9-10H2,1H3,(H,21,29). The van der Waals surface area contributed by atoms with Crippen molar-refractivity contribution in [2.45, 2.75) is 6.04 Å². The Balaban J connectivity index is 1.55. The predicted octanol–water partition coefficient (Wildman–Crippen LogP) is 0.648. The number of nitrogens with zero attached hydrogens (tertiary/aromatic N) is 4. The normalized spacial score (nSPS) is 13.9. The van der Waals surface area contributed by atoms with Gasteiger partial charge in [0.25, 0.3) is 17.0 Å². The zero-order chi connectivity index (χ0) is 20.7. The van der Waals surface area contributed by atoms with Crippen LogP contribution in [0, 0.1) is 0 Å². The van der Waals surface area contributed by atoms with Gasteiger partial charge in [-0.15, -0.1) is 0 Å². The second-order valence-electron chi connectivity index (χ2n) is 6.74. The Morgan fingerprint density at radius 2 is 1.79 bits per heavy atom. The Morgan fingerprint density at radius 1 is 1.10 bits per heavy atom. The van der Waals surface area contributed by atoms with Gasteiger partial charge in [-0.1, -0.05) is 23.7 Å². The van der Waals surface area contributed by atoms with Gasteiger partial charge in [-0.3, -0.25) is 19.0 Å². The number of halogens is 1. The van der Waals surface area contributed by atoms with Crippen molar-refractivity contribution in [2.24, 2.45) is 7.05 Å². The maximum Gasteiger partial charge on any atom is 0.328 e. The van der Waals surface area contributed by atoms with Crippen LogP contribution in [0.4, 0.5) is 0 Å². The number of nitrogens with one attached hydrogen (secondary N) is 1. The number of rotatable bonds is 3. The fourth-order valence-corrected chi connectivity index (χ4v) is 3.25. The van der Waals surface area contributed by atoms with Gasteiger partial charge in [-0.25, -0.2) is 9.48 Å². The number of aromatic nitrogens is 4. The van der Waals surface area contributed by atoms with Crippen LogP contribution in [0.5, 0.6) is 0 Å². The van der Waals surface area contributed by atoms with E-state index in [4.69, 9.17) is 11.6 Å². The third-order valence-electron chi connectivity index (χ3n) is 4.87. The first-order valence-electron chi connectivity index (χ1n) is 8.79. The summed E-state index contributed by atoms with van der Waals surface area (Å²) in [5.41, 5.74) is -0.238. The molecule has 1 amide bonds. The van der Waals surface area contributed by atoms with Crippen molar-refractivity contribution < 1.29 is 4.79 Å². The van der Waals surface area contributed by atoms with Crippen molar-refractivity contribution in [3.8, 4) is 11.3 Å². The van der Waals surface area contributed by atoms with Gasteiger partial charge in [0.15, 0.2) is 0 Å². The number of hydrogen-bond donors (Lipinski definition) is 1. The number of carbonyl (C=O) groups is 1. The van der Waals surface area contributed by atoms with Crippen LogP contribution in [0.3, 0.4) is 0 Å². The van der Waals surface area contributed by atoms with Gasteiger partial charge >= 0.3 is 5.69 Å². The average Bonchev–Trinajstić information content (AvgIpc) is 2.67. The van der Waals surface area contributed by atoms with Gasteiger partial charge in [0, 0.05) is 43.0 Å². The number of benzene rings is 1. The zero-order valence-corrected chi connectivity index (χ0v) is 16.1. The van der Waals surface area contributed by atoms with Crippen molar-refractivity contribution in [2.75, 3.05) is 13.1 Å². The second-order valence-corrected chi connectivity index (χ2v) is 7.18. The molecule has 0 aliphatic carbocycles. The van der Waals surface area contributed by atoms with E-state index >= 15 is 0 Å². The molecule has 1 saturated heterocycles. The minimum Gasteiger partial charge on any atom is -0.334 e. The highest BCUT2D eigenvalue weighted by atomic mass is 35.5. The van der Waals surface area contributed by atoms with Gasteiger partial charge in [0.1, 0.15) is 5.56 Å². The fraction of sp³-hybridized carbons (Fsp3) is 0.211. The molecule has 3 aromatic rings. The third kappa shape index (κ3) is 3.40. The molecule has 148 valence electrons. The van der Waals surface area contributed by atoms with E-state index in [9.17, 15) is 19.2 Å². The van der Waals surface area contributed by atoms with E-state index in [1.54, 1.807) is 18.2 Å². The van der Waals surface area contributed by atoms with E-state index in [-0.39, 0.29) is 30.3 Å². The maximum atomic E-state index is 12.6. The molecule has 1 fully saturated rings. The molecule has 1 aromatic carbocycles. The minimum atomic E-state index is -0.665. The number of H-pyrrole nitrogens is 1. The average molecular weight is 414 g/mol. The van der Waals surface area contributed by atoms with Gasteiger partial charge in [-0.05, 0) is 18.2 Å². The summed E-state index contributed by atoms with van der Waals surface area (Å²) in [4.78, 5) is 52.2. The van der Waals surface area contributed by atoms with E-state index in [2.05, 4.69) is 10.1 Å². The van der Waals surface area contributed by atoms with Crippen LogP contribution in [0.25, 0.3) is 11.3 Å². The summed E-state index contributed by atoms with van der Waals surface area (Å²) in [7, 11) is 1.29. The molecule has 1 aliphatic rings. The quantitative estimate of drug-likeness (QED) is 0.677. The molecular weight excluding hydrogens is 398 g/mol. The summed E-state index contributed by atoms with van der Waals surface area (Å²) in [6, 6.07) is 9.85. The number of carbonyl (C=O) groups excluding carboxylic acids is 1. The van der Waals surface area contributed by atoms with E-state index in [1.807, 2.05) is 12.1 Å². The molecule has 9 nitrogen and oxygen atoms in total. The van der Waals surface area contributed by atoms with Gasteiger partial charge in [0.05, 0.1) is 11.7 Å². The van der Waals surface area contributed by atoms with E-state index in [0.29, 0.717) is 10.7 Å². The number of aromatic amines is 1. The number of hydrogen-bond acceptors (Lipinski definition) is 5. The molecule has 0 spiro atoms. The molecule has 3 heterocycles. The first-order chi connectivity index (χ1) is 13.8. The van der Waals surface area contributed by atoms with Crippen LogP contribution < -0.4 is 16.8 Å². The molecule has 4 rings (SSSR count). The van der Waals surface area contributed by atoms with Gasteiger partial charge in [-0.2, -0.15) is 5.10 Å². The molecule has 0 atom stereocenters. The molecule has 1 N–H and O–H groups in total. The highest BCUT2D eigenvalue weighted by Crippen LogP contribution is 2.23. The minimum absolute atomic E-state index is 0.124. The highest BCUT2D eigenvalue weighted by molar-refractivity contribution is 6.30. The summed E-state index contributed by atoms with van der Waals surface area (Å²) in [5, 5.41) is 5.01. The summed E-state index contributed by atoms with van der Waals surface area (Å²) in [6.45, 7) is 0.468. The van der Waals surface area contributed by atoms with Crippen LogP contribution in [0.15, 0.2) is 57.0 Å². The van der Waals surface area contributed by atoms with Crippen LogP contribution in [0.2, 0.25) is 5.02 Å². The van der Waals surface area contributed by atoms with E-state index in [0.717, 1.165) is 16.3 Å². The van der Waals surface area contributed by atoms with Gasteiger partial charge < -0.3 is 9.88 Å². The third-order valence-corrected chi connectivity index (χ3v) is 5.12. The Bertz CT molecular complexity index is 1270. The Morgan fingerprint density at radius 3 is 2.48 bits per heavy atom. The summed E-state index contributed by atoms with van der Waals surface area (Å²) >= 11 is 5.91. The molecule has 1 aliphatic heterocycles. The molecule has 0 saturated carbocycles. The summed E-state index contributed by atoms with van der Waals surface area (Å²) in [6.07, 6.45) is 1.12. The van der Waals surface area contributed by atoms with Crippen LogP contribution in [0.1, 0.15) is 16.4 Å². The van der Waals surface area contributed by atoms with Gasteiger partial charge in [0.2, 0.25) is 0 Å². The lowest BCUT2D eigenvalue weighted by Gasteiger charge is -2.39. The molecule has 2 aromatic heterocycles. The van der Waals surface area contributed by atoms with E-state index in [1.165, 1.54) is 22.7 Å². The van der Waals surface area contributed by atoms with Crippen molar-refractivity contribution in [1.82, 2.24) is 24.2 Å². The fourth-order valence-electron chi connectivity index (χ4n) is 3.13. The lowest BCUT2D eigenvalue weighted by Crippen LogP contribution is -2.54.